The predicted molar refractivity (Wildman–Crippen MR) is 74.4 cm³/mol. The summed E-state index contributed by atoms with van der Waals surface area (Å²) in [6.07, 6.45) is -2.56. The second kappa shape index (κ2) is 7.84. The summed E-state index contributed by atoms with van der Waals surface area (Å²) in [7, 11) is 0. The lowest BCUT2D eigenvalue weighted by atomic mass is 10.1. The first-order chi connectivity index (χ1) is 10.7. The van der Waals surface area contributed by atoms with Gasteiger partial charge in [-0.3, -0.25) is 19.7 Å². The third-order valence-corrected chi connectivity index (χ3v) is 2.87. The van der Waals surface area contributed by atoms with Crippen molar-refractivity contribution in [1.82, 2.24) is 0 Å². The molecule has 2 atom stereocenters. The molecule has 0 saturated heterocycles. The summed E-state index contributed by atoms with van der Waals surface area (Å²) in [5.41, 5.74) is 4.42. The number of rotatable bonds is 8. The molecule has 0 amide bonds. The van der Waals surface area contributed by atoms with Crippen LogP contribution in [0.5, 0.6) is 0 Å². The molecule has 1 aromatic rings. The molecule has 4 N–H and O–H groups in total. The molecule has 23 heavy (non-hydrogen) atoms. The highest BCUT2D eigenvalue weighted by atomic mass is 16.6. The van der Waals surface area contributed by atoms with Crippen LogP contribution in [-0.2, 0) is 19.1 Å². The molecule has 0 aliphatic rings. The van der Waals surface area contributed by atoms with E-state index in [9.17, 15) is 24.5 Å². The molecule has 1 unspecified atom stereocenters. The van der Waals surface area contributed by atoms with Gasteiger partial charge in [-0.1, -0.05) is 12.1 Å². The van der Waals surface area contributed by atoms with Gasteiger partial charge in [0.2, 0.25) is 6.10 Å². The summed E-state index contributed by atoms with van der Waals surface area (Å²) in [6, 6.07) is 3.66. The van der Waals surface area contributed by atoms with E-state index in [1.807, 2.05) is 0 Å². The molecule has 0 aromatic heterocycles. The van der Waals surface area contributed by atoms with Gasteiger partial charge in [0.15, 0.2) is 0 Å². The van der Waals surface area contributed by atoms with Crippen molar-refractivity contribution in [2.75, 3.05) is 0 Å². The number of nitro groups is 1. The van der Waals surface area contributed by atoms with Crippen molar-refractivity contribution in [2.24, 2.45) is 5.73 Å². The minimum Gasteiger partial charge on any atom is -0.480 e. The lowest BCUT2D eigenvalue weighted by Crippen LogP contribution is -2.31. The largest absolute Gasteiger partial charge is 0.480 e. The smallest absolute Gasteiger partial charge is 0.350 e. The molecule has 0 spiro atoms. The highest BCUT2D eigenvalue weighted by Gasteiger charge is 2.31. The van der Waals surface area contributed by atoms with E-state index >= 15 is 0 Å². The van der Waals surface area contributed by atoms with Gasteiger partial charge in [0.1, 0.15) is 6.04 Å². The van der Waals surface area contributed by atoms with Crippen LogP contribution in [0.3, 0.4) is 0 Å². The topological polar surface area (TPSA) is 170 Å². The summed E-state index contributed by atoms with van der Waals surface area (Å²) in [4.78, 5) is 43.5. The number of ether oxygens (including phenoxy) is 1. The summed E-state index contributed by atoms with van der Waals surface area (Å²) in [6.45, 7) is 0. The minimum atomic E-state index is -1.87. The van der Waals surface area contributed by atoms with Gasteiger partial charge in [0, 0.05) is 12.5 Å². The van der Waals surface area contributed by atoms with E-state index < -0.39 is 47.1 Å². The van der Waals surface area contributed by atoms with Crippen molar-refractivity contribution in [1.29, 1.82) is 0 Å². The average Bonchev–Trinajstić information content (AvgIpc) is 2.49. The Kier molecular flexibility index (Phi) is 6.15. The summed E-state index contributed by atoms with van der Waals surface area (Å²) < 4.78 is 4.73. The maximum atomic E-state index is 11.6. The first kappa shape index (κ1) is 18.0. The van der Waals surface area contributed by atoms with E-state index in [-0.39, 0.29) is 12.0 Å². The second-order valence-corrected chi connectivity index (χ2v) is 4.51. The fourth-order valence-electron chi connectivity index (χ4n) is 1.71. The van der Waals surface area contributed by atoms with E-state index in [0.717, 1.165) is 12.1 Å². The third kappa shape index (κ3) is 5.04. The Balaban J connectivity index is 2.89. The quantitative estimate of drug-likeness (QED) is 0.348. The molecule has 1 rings (SSSR count). The summed E-state index contributed by atoms with van der Waals surface area (Å²) in [5, 5.41) is 28.6. The Bertz CT molecular complexity index is 630. The standard InChI is InChI=1S/C13H14N2O8/c14-8(12(17)18)5-6-10(16)23-11(13(19)20)7-3-1-2-4-9(7)15(21)22/h1-4,8,11H,5-6,14H2,(H,17,18)(H,19,20)/t8-,11?/m0/s1. The number of hydrogen-bond donors (Lipinski definition) is 3. The van der Waals surface area contributed by atoms with Gasteiger partial charge in [0.05, 0.1) is 10.5 Å². The first-order valence-electron chi connectivity index (χ1n) is 6.38. The number of nitro benzene ring substituents is 1. The molecule has 0 radical (unpaired) electrons. The molecular weight excluding hydrogens is 312 g/mol. The molecule has 10 nitrogen and oxygen atoms in total. The van der Waals surface area contributed by atoms with Gasteiger partial charge in [-0.15, -0.1) is 0 Å². The highest BCUT2D eigenvalue weighted by Crippen LogP contribution is 2.28. The number of carbonyl (C=O) groups is 3. The van der Waals surface area contributed by atoms with E-state index in [4.69, 9.17) is 20.7 Å². The molecule has 0 heterocycles. The Morgan fingerprint density at radius 3 is 2.35 bits per heavy atom. The zero-order chi connectivity index (χ0) is 17.6. The van der Waals surface area contributed by atoms with Gasteiger partial charge in [-0.05, 0) is 12.5 Å². The highest BCUT2D eigenvalue weighted by molar-refractivity contribution is 5.81. The predicted octanol–water partition coefficient (Wildman–Crippen LogP) is 0.456. The number of esters is 1. The van der Waals surface area contributed by atoms with Crippen LogP contribution in [0, 0.1) is 10.1 Å². The molecule has 0 aliphatic heterocycles. The minimum absolute atomic E-state index is 0.253. The SMILES string of the molecule is N[C@@H](CCC(=O)OC(C(=O)O)c1ccccc1[N+](=O)[O-])C(=O)O. The summed E-state index contributed by atoms with van der Waals surface area (Å²) in [5.74, 6) is -3.92. The fraction of sp³-hybridized carbons (Fsp3) is 0.308. The number of hydrogen-bond acceptors (Lipinski definition) is 7. The molecule has 0 fully saturated rings. The van der Waals surface area contributed by atoms with Crippen molar-refractivity contribution >= 4 is 23.6 Å². The second-order valence-electron chi connectivity index (χ2n) is 4.51. The van der Waals surface area contributed by atoms with E-state index in [2.05, 4.69) is 0 Å². The Hall–Kier alpha value is -3.01. The maximum absolute atomic E-state index is 11.6. The first-order valence-corrected chi connectivity index (χ1v) is 6.38. The van der Waals surface area contributed by atoms with Gasteiger partial charge in [0.25, 0.3) is 5.69 Å². The van der Waals surface area contributed by atoms with Gasteiger partial charge < -0.3 is 20.7 Å². The third-order valence-electron chi connectivity index (χ3n) is 2.87. The Labute approximate surface area is 129 Å². The lowest BCUT2D eigenvalue weighted by molar-refractivity contribution is -0.386. The van der Waals surface area contributed by atoms with Crippen LogP contribution in [-0.4, -0.2) is 39.1 Å². The number of carboxylic acids is 2. The lowest BCUT2D eigenvalue weighted by Gasteiger charge is -2.14. The van der Waals surface area contributed by atoms with Crippen LogP contribution < -0.4 is 5.73 Å². The van der Waals surface area contributed by atoms with Gasteiger partial charge in [-0.2, -0.15) is 0 Å². The fourth-order valence-corrected chi connectivity index (χ4v) is 1.71. The number of carboxylic acid groups (broad SMARTS) is 2. The van der Waals surface area contributed by atoms with Crippen molar-refractivity contribution in [3.8, 4) is 0 Å². The van der Waals surface area contributed by atoms with Crippen molar-refractivity contribution in [2.45, 2.75) is 25.0 Å². The van der Waals surface area contributed by atoms with Gasteiger partial charge >= 0.3 is 17.9 Å². The zero-order valence-corrected chi connectivity index (χ0v) is 11.7. The molecular formula is C13H14N2O8. The number of benzene rings is 1. The molecule has 0 aliphatic carbocycles. The monoisotopic (exact) mass is 326 g/mol. The number of nitrogens with two attached hydrogens (primary N) is 1. The van der Waals surface area contributed by atoms with Crippen molar-refractivity contribution in [3.63, 3.8) is 0 Å². The van der Waals surface area contributed by atoms with Gasteiger partial charge in [-0.25, -0.2) is 4.79 Å². The Morgan fingerprint density at radius 2 is 1.83 bits per heavy atom. The van der Waals surface area contributed by atoms with Crippen LogP contribution in [0.15, 0.2) is 24.3 Å². The van der Waals surface area contributed by atoms with Crippen LogP contribution in [0.25, 0.3) is 0 Å². The number of para-hydroxylation sites is 1. The van der Waals surface area contributed by atoms with Crippen molar-refractivity contribution in [3.05, 3.63) is 39.9 Å². The normalized spacial score (nSPS) is 12.9. The number of aliphatic carboxylic acids is 2. The van der Waals surface area contributed by atoms with E-state index in [1.54, 1.807) is 0 Å². The van der Waals surface area contributed by atoms with E-state index in [0.29, 0.717) is 0 Å². The van der Waals surface area contributed by atoms with Crippen LogP contribution >= 0.6 is 0 Å². The average molecular weight is 326 g/mol. The van der Waals surface area contributed by atoms with Crippen LogP contribution in [0.2, 0.25) is 0 Å². The van der Waals surface area contributed by atoms with E-state index in [1.165, 1.54) is 12.1 Å². The maximum Gasteiger partial charge on any atom is 0.350 e. The van der Waals surface area contributed by atoms with Crippen LogP contribution in [0.4, 0.5) is 5.69 Å². The summed E-state index contributed by atoms with van der Waals surface area (Å²) >= 11 is 0. The number of carbonyl (C=O) groups excluding carboxylic acids is 1. The molecule has 10 heteroatoms. The zero-order valence-electron chi connectivity index (χ0n) is 11.7. The number of nitrogens with zero attached hydrogens (tertiary/aromatic N) is 1. The molecule has 1 aromatic carbocycles. The molecule has 0 saturated carbocycles. The van der Waals surface area contributed by atoms with Crippen LogP contribution in [0.1, 0.15) is 24.5 Å². The molecule has 124 valence electrons. The Morgan fingerprint density at radius 1 is 1.22 bits per heavy atom. The van der Waals surface area contributed by atoms with Crippen molar-refractivity contribution < 1.29 is 34.3 Å². The molecule has 0 bridgehead atoms.